The molecule has 0 amide bonds. The molecule has 6 nitrogen and oxygen atoms in total. The Balaban J connectivity index is 1.91. The Morgan fingerprint density at radius 1 is 1.72 bits per heavy atom. The molecule has 6 heteroatoms. The quantitative estimate of drug-likeness (QED) is 0.467. The van der Waals surface area contributed by atoms with Gasteiger partial charge in [0.2, 0.25) is 0 Å². The molecule has 0 radical (unpaired) electrons. The van der Waals surface area contributed by atoms with Crippen LogP contribution in [-0.4, -0.2) is 42.9 Å². The monoisotopic (exact) mass is 254 g/mol. The van der Waals surface area contributed by atoms with Crippen LogP contribution in [0.4, 0.5) is 0 Å². The highest BCUT2D eigenvalue weighted by molar-refractivity contribution is 5.70. The molecule has 0 bridgehead atoms. The zero-order valence-electron chi connectivity index (χ0n) is 10.4. The van der Waals surface area contributed by atoms with Crippen LogP contribution in [0.25, 0.3) is 0 Å². The van der Waals surface area contributed by atoms with Crippen molar-refractivity contribution in [2.75, 3.05) is 20.2 Å². The Labute approximate surface area is 105 Å². The third-order valence-corrected chi connectivity index (χ3v) is 3.51. The number of quaternary nitrogens is 1. The first kappa shape index (κ1) is 13.1. The lowest BCUT2D eigenvalue weighted by molar-refractivity contribution is -0.942. The minimum absolute atomic E-state index is 0.151. The molecule has 1 aliphatic rings. The van der Waals surface area contributed by atoms with Crippen LogP contribution in [0.1, 0.15) is 12.2 Å². The van der Waals surface area contributed by atoms with E-state index < -0.39 is 10.6 Å². The molecule has 1 fully saturated rings. The Morgan fingerprint density at radius 3 is 3.06 bits per heavy atom. The highest BCUT2D eigenvalue weighted by Gasteiger charge is 2.47. The van der Waals surface area contributed by atoms with E-state index in [-0.39, 0.29) is 25.2 Å². The second-order valence-electron chi connectivity index (χ2n) is 4.72. The van der Waals surface area contributed by atoms with Crippen LogP contribution in [0.2, 0.25) is 0 Å². The molecule has 0 aromatic carbocycles. The average molecular weight is 254 g/mol. The van der Waals surface area contributed by atoms with Gasteiger partial charge in [0.25, 0.3) is 0 Å². The number of furan rings is 1. The summed E-state index contributed by atoms with van der Waals surface area (Å²) in [5.41, 5.74) is 5.86. The zero-order chi connectivity index (χ0) is 13.2. The largest absolute Gasteiger partial charge is 0.632 e. The molecule has 100 valence electrons. The normalized spacial score (nSPS) is 30.8. The SMILES string of the molecule is COC(=O)C[N+]1([O-])CC(N)C1CCc1ccco1. The van der Waals surface area contributed by atoms with Crippen molar-refractivity contribution in [3.05, 3.63) is 29.4 Å². The molecule has 2 heterocycles. The maximum atomic E-state index is 12.4. The van der Waals surface area contributed by atoms with Gasteiger partial charge >= 0.3 is 5.97 Å². The fraction of sp³-hybridized carbons (Fsp3) is 0.583. The number of nitrogens with zero attached hydrogens (tertiary/aromatic N) is 1. The molecule has 1 saturated heterocycles. The van der Waals surface area contributed by atoms with Gasteiger partial charge in [-0.3, -0.25) is 0 Å². The summed E-state index contributed by atoms with van der Waals surface area (Å²) in [4.78, 5) is 11.2. The standard InChI is InChI=1S/C12H18N2O4/c1-17-12(15)8-14(16)7-10(13)11(14)5-4-9-3-2-6-18-9/h2-3,6,10-11H,4-5,7-8,13H2,1H3. The second-order valence-corrected chi connectivity index (χ2v) is 4.72. The number of carbonyl (C=O) groups is 1. The third kappa shape index (κ3) is 2.55. The van der Waals surface area contributed by atoms with Crippen LogP contribution in [0.5, 0.6) is 0 Å². The van der Waals surface area contributed by atoms with Gasteiger partial charge in [-0.05, 0) is 12.1 Å². The van der Waals surface area contributed by atoms with Crippen molar-refractivity contribution in [1.82, 2.24) is 0 Å². The smallest absolute Gasteiger partial charge is 0.361 e. The number of carbonyl (C=O) groups excluding carboxylic acids is 1. The van der Waals surface area contributed by atoms with E-state index in [0.29, 0.717) is 12.8 Å². The Bertz CT molecular complexity index is 406. The molecular weight excluding hydrogens is 236 g/mol. The highest BCUT2D eigenvalue weighted by atomic mass is 16.6. The molecule has 1 aromatic heterocycles. The molecule has 0 saturated carbocycles. The lowest BCUT2D eigenvalue weighted by atomic mass is 9.91. The first-order valence-corrected chi connectivity index (χ1v) is 5.98. The number of rotatable bonds is 5. The van der Waals surface area contributed by atoms with Crippen molar-refractivity contribution >= 4 is 5.97 Å². The number of esters is 1. The van der Waals surface area contributed by atoms with Crippen LogP contribution >= 0.6 is 0 Å². The van der Waals surface area contributed by atoms with Gasteiger partial charge in [-0.1, -0.05) is 0 Å². The minimum atomic E-state index is -0.575. The zero-order valence-corrected chi connectivity index (χ0v) is 10.4. The van der Waals surface area contributed by atoms with Gasteiger partial charge in [0.05, 0.1) is 13.4 Å². The van der Waals surface area contributed by atoms with Gasteiger partial charge in [0, 0.05) is 12.8 Å². The predicted molar refractivity (Wildman–Crippen MR) is 64.2 cm³/mol. The molecule has 3 unspecified atom stereocenters. The molecule has 0 aliphatic carbocycles. The molecule has 2 N–H and O–H groups in total. The van der Waals surface area contributed by atoms with E-state index >= 15 is 0 Å². The number of ether oxygens (including phenoxy) is 1. The van der Waals surface area contributed by atoms with Gasteiger partial charge in [0.15, 0.2) is 6.54 Å². The summed E-state index contributed by atoms with van der Waals surface area (Å²) in [6.45, 7) is 0.116. The van der Waals surface area contributed by atoms with Gasteiger partial charge < -0.3 is 24.7 Å². The van der Waals surface area contributed by atoms with Crippen molar-refractivity contribution in [1.29, 1.82) is 0 Å². The molecule has 2 rings (SSSR count). The molecular formula is C12H18N2O4. The van der Waals surface area contributed by atoms with Gasteiger partial charge in [-0.15, -0.1) is 0 Å². The number of nitrogens with two attached hydrogens (primary N) is 1. The van der Waals surface area contributed by atoms with Crippen LogP contribution in [0, 0.1) is 5.21 Å². The summed E-state index contributed by atoms with van der Waals surface area (Å²) in [5, 5.41) is 12.4. The summed E-state index contributed by atoms with van der Waals surface area (Å²) in [6, 6.07) is 3.27. The maximum Gasteiger partial charge on any atom is 0.361 e. The van der Waals surface area contributed by atoms with Gasteiger partial charge in [-0.2, -0.15) is 0 Å². The average Bonchev–Trinajstić information content (AvgIpc) is 2.81. The number of hydrogen-bond donors (Lipinski definition) is 1. The number of methoxy groups -OCH3 is 1. The van der Waals surface area contributed by atoms with Crippen LogP contribution < -0.4 is 5.73 Å². The molecule has 0 spiro atoms. The molecule has 1 aliphatic heterocycles. The van der Waals surface area contributed by atoms with Crippen LogP contribution in [-0.2, 0) is 16.0 Å². The van der Waals surface area contributed by atoms with E-state index in [2.05, 4.69) is 4.74 Å². The summed E-state index contributed by atoms with van der Waals surface area (Å²) in [5.74, 6) is 0.346. The Kier molecular flexibility index (Phi) is 3.70. The highest BCUT2D eigenvalue weighted by Crippen LogP contribution is 2.30. The topological polar surface area (TPSA) is 88.5 Å². The van der Waals surface area contributed by atoms with Crippen LogP contribution in [0.3, 0.4) is 0 Å². The lowest BCUT2D eigenvalue weighted by Gasteiger charge is -2.58. The third-order valence-electron chi connectivity index (χ3n) is 3.51. The van der Waals surface area contributed by atoms with E-state index in [1.54, 1.807) is 6.26 Å². The van der Waals surface area contributed by atoms with Crippen molar-refractivity contribution in [3.8, 4) is 0 Å². The molecule has 1 aromatic rings. The molecule has 3 atom stereocenters. The van der Waals surface area contributed by atoms with Crippen molar-refractivity contribution in [3.63, 3.8) is 0 Å². The summed E-state index contributed by atoms with van der Waals surface area (Å²) in [6.07, 6.45) is 2.88. The number of hydroxylamine groups is 3. The fourth-order valence-electron chi connectivity index (χ4n) is 2.48. The second kappa shape index (κ2) is 5.09. The van der Waals surface area contributed by atoms with Crippen molar-refractivity contribution in [2.24, 2.45) is 5.73 Å². The van der Waals surface area contributed by atoms with Gasteiger partial charge in [-0.25, -0.2) is 4.79 Å². The predicted octanol–water partition coefficient (Wildman–Crippen LogP) is 0.409. The number of likely N-dealkylation sites (tertiary alicyclic amines) is 1. The maximum absolute atomic E-state index is 12.4. The van der Waals surface area contributed by atoms with Crippen molar-refractivity contribution in [2.45, 2.75) is 24.9 Å². The summed E-state index contributed by atoms with van der Waals surface area (Å²) in [7, 11) is 1.28. The number of hydrogen-bond acceptors (Lipinski definition) is 5. The lowest BCUT2D eigenvalue weighted by Crippen LogP contribution is -2.74. The van der Waals surface area contributed by atoms with Crippen molar-refractivity contribution < 1.29 is 18.6 Å². The fourth-order valence-corrected chi connectivity index (χ4v) is 2.48. The first-order chi connectivity index (χ1) is 8.55. The van der Waals surface area contributed by atoms with Crippen LogP contribution in [0.15, 0.2) is 22.8 Å². The van der Waals surface area contributed by atoms with E-state index in [0.717, 1.165) is 5.76 Å². The van der Waals surface area contributed by atoms with E-state index in [4.69, 9.17) is 10.2 Å². The summed E-state index contributed by atoms with van der Waals surface area (Å²) < 4.78 is 9.18. The first-order valence-electron chi connectivity index (χ1n) is 5.98. The number of aryl methyl sites for hydroxylation is 1. The van der Waals surface area contributed by atoms with E-state index in [1.807, 2.05) is 12.1 Å². The van der Waals surface area contributed by atoms with E-state index in [1.165, 1.54) is 7.11 Å². The van der Waals surface area contributed by atoms with E-state index in [9.17, 15) is 10.0 Å². The van der Waals surface area contributed by atoms with Gasteiger partial charge in [0.1, 0.15) is 24.4 Å². The Hall–Kier alpha value is -1.37. The Morgan fingerprint density at radius 2 is 2.50 bits per heavy atom. The molecule has 18 heavy (non-hydrogen) atoms. The minimum Gasteiger partial charge on any atom is -0.632 e. The summed E-state index contributed by atoms with van der Waals surface area (Å²) >= 11 is 0.